The van der Waals surface area contributed by atoms with Crippen molar-refractivity contribution in [3.63, 3.8) is 0 Å². The van der Waals surface area contributed by atoms with Gasteiger partial charge >= 0.3 is 6.03 Å². The zero-order valence-electron chi connectivity index (χ0n) is 20.6. The van der Waals surface area contributed by atoms with E-state index in [0.29, 0.717) is 17.9 Å². The van der Waals surface area contributed by atoms with Crippen molar-refractivity contribution < 1.29 is 14.4 Å². The fraction of sp³-hybridized carbons (Fsp3) is 0.296. The summed E-state index contributed by atoms with van der Waals surface area (Å²) in [7, 11) is 1.63. The maximum absolute atomic E-state index is 13.6. The van der Waals surface area contributed by atoms with Crippen LogP contribution in [-0.4, -0.2) is 45.8 Å². The quantitative estimate of drug-likeness (QED) is 0.495. The second-order valence-electron chi connectivity index (χ2n) is 8.93. The largest absolute Gasteiger partial charge is 0.384 e. The first-order valence-corrected chi connectivity index (χ1v) is 11.9. The molecular formula is C27H30N6O3. The minimum absolute atomic E-state index is 0.270. The lowest BCUT2D eigenvalue weighted by Gasteiger charge is -2.46. The van der Waals surface area contributed by atoms with E-state index in [1.165, 1.54) is 4.90 Å². The number of pyridine rings is 2. The van der Waals surface area contributed by atoms with Crippen LogP contribution in [0.3, 0.4) is 0 Å². The molecule has 0 radical (unpaired) electrons. The monoisotopic (exact) mass is 486 g/mol. The third kappa shape index (κ3) is 5.05. The van der Waals surface area contributed by atoms with Gasteiger partial charge in [-0.1, -0.05) is 37.3 Å². The number of nitrogen functional groups attached to an aromatic ring is 1. The van der Waals surface area contributed by atoms with E-state index < -0.39 is 23.9 Å². The zero-order valence-corrected chi connectivity index (χ0v) is 20.6. The summed E-state index contributed by atoms with van der Waals surface area (Å²) in [5, 5.41) is 2.94. The molecule has 3 aromatic rings. The third-order valence-electron chi connectivity index (χ3n) is 6.46. The molecule has 0 unspecified atom stereocenters. The number of rotatable bonds is 7. The summed E-state index contributed by atoms with van der Waals surface area (Å²) in [6, 6.07) is 14.6. The molecule has 9 nitrogen and oxygen atoms in total. The first-order valence-electron chi connectivity index (χ1n) is 11.9. The third-order valence-corrected chi connectivity index (χ3v) is 6.46. The Morgan fingerprint density at radius 3 is 2.47 bits per heavy atom. The number of aromatic nitrogens is 2. The minimum Gasteiger partial charge on any atom is -0.384 e. The number of nitrogens with zero attached hydrogens (tertiary/aromatic N) is 4. The average Bonchev–Trinajstić information content (AvgIpc) is 2.88. The number of amides is 4. The zero-order chi connectivity index (χ0) is 25.8. The number of β-lactam (4-membered cyclic amide) rings is 1. The molecule has 0 aliphatic carbocycles. The lowest BCUT2D eigenvalue weighted by atomic mass is 9.81. The number of hydrogen-bond acceptors (Lipinski definition) is 6. The molecule has 1 aliphatic rings. The standard InChI is InChI=1S/C27H30N6O3/c1-4-22(19-8-6-5-7-9-19)31-27(36)33-24(26(35)32(3)20-10-12-29-13-11-20)21(25(33)34)15-18-14-17(2)30-23(28)16-18/h5-14,16,21-22,24H,4,15H2,1-3H3,(H2,28,30)(H,31,36)/t21-,22-,24+/m1/s1. The van der Waals surface area contributed by atoms with Gasteiger partial charge in [0.15, 0.2) is 0 Å². The molecule has 4 amide bonds. The van der Waals surface area contributed by atoms with Crippen LogP contribution in [0.15, 0.2) is 67.0 Å². The van der Waals surface area contributed by atoms with E-state index in [4.69, 9.17) is 5.73 Å². The number of likely N-dealkylation sites (N-methyl/N-ethyl adjacent to an activating group) is 1. The highest BCUT2D eigenvalue weighted by atomic mass is 16.2. The average molecular weight is 487 g/mol. The van der Waals surface area contributed by atoms with Gasteiger partial charge in [0, 0.05) is 30.8 Å². The number of benzene rings is 1. The van der Waals surface area contributed by atoms with Crippen LogP contribution in [0.1, 0.15) is 36.2 Å². The molecule has 3 N–H and O–H groups in total. The molecule has 4 rings (SSSR count). The van der Waals surface area contributed by atoms with Gasteiger partial charge in [-0.2, -0.15) is 0 Å². The summed E-state index contributed by atoms with van der Waals surface area (Å²) in [6.45, 7) is 3.77. The number of urea groups is 1. The Morgan fingerprint density at radius 2 is 1.83 bits per heavy atom. The van der Waals surface area contributed by atoms with E-state index in [9.17, 15) is 14.4 Å². The number of carbonyl (C=O) groups is 3. The van der Waals surface area contributed by atoms with Crippen LogP contribution in [0, 0.1) is 12.8 Å². The number of anilines is 2. The Hall–Kier alpha value is -4.27. The molecule has 1 saturated heterocycles. The van der Waals surface area contributed by atoms with Crippen LogP contribution in [0.5, 0.6) is 0 Å². The van der Waals surface area contributed by atoms with Gasteiger partial charge in [0.05, 0.1) is 12.0 Å². The molecule has 186 valence electrons. The molecule has 1 aliphatic heterocycles. The second-order valence-corrected chi connectivity index (χ2v) is 8.93. The van der Waals surface area contributed by atoms with E-state index in [2.05, 4.69) is 15.3 Å². The van der Waals surface area contributed by atoms with Crippen LogP contribution >= 0.6 is 0 Å². The van der Waals surface area contributed by atoms with Crippen LogP contribution in [0.4, 0.5) is 16.3 Å². The van der Waals surface area contributed by atoms with Gasteiger partial charge in [-0.05, 0) is 55.2 Å². The van der Waals surface area contributed by atoms with Crippen LogP contribution < -0.4 is 16.0 Å². The van der Waals surface area contributed by atoms with Crippen LogP contribution in [-0.2, 0) is 16.0 Å². The molecule has 3 atom stereocenters. The summed E-state index contributed by atoms with van der Waals surface area (Å²) in [4.78, 5) is 51.0. The van der Waals surface area contributed by atoms with Crippen molar-refractivity contribution >= 4 is 29.4 Å². The predicted molar refractivity (Wildman–Crippen MR) is 137 cm³/mol. The van der Waals surface area contributed by atoms with E-state index in [1.54, 1.807) is 37.6 Å². The van der Waals surface area contributed by atoms with E-state index in [-0.39, 0.29) is 18.4 Å². The highest BCUT2D eigenvalue weighted by Gasteiger charge is 2.55. The molecule has 2 aromatic heterocycles. The number of aryl methyl sites for hydroxylation is 1. The minimum atomic E-state index is -0.960. The highest BCUT2D eigenvalue weighted by Crippen LogP contribution is 2.33. The fourth-order valence-electron chi connectivity index (χ4n) is 4.61. The van der Waals surface area contributed by atoms with Crippen molar-refractivity contribution in [1.29, 1.82) is 0 Å². The predicted octanol–water partition coefficient (Wildman–Crippen LogP) is 3.26. The van der Waals surface area contributed by atoms with Gasteiger partial charge < -0.3 is 16.0 Å². The normalized spacial score (nSPS) is 17.8. The van der Waals surface area contributed by atoms with Gasteiger partial charge in [0.25, 0.3) is 5.91 Å². The first kappa shape index (κ1) is 24.8. The van der Waals surface area contributed by atoms with Gasteiger partial charge in [0.2, 0.25) is 5.91 Å². The van der Waals surface area contributed by atoms with Gasteiger partial charge in [-0.3, -0.25) is 19.5 Å². The highest BCUT2D eigenvalue weighted by molar-refractivity contribution is 6.12. The van der Waals surface area contributed by atoms with E-state index >= 15 is 0 Å². The molecule has 1 aromatic carbocycles. The number of imide groups is 1. The number of nitrogens with one attached hydrogen (secondary N) is 1. The maximum Gasteiger partial charge on any atom is 0.325 e. The first-order chi connectivity index (χ1) is 17.3. The summed E-state index contributed by atoms with van der Waals surface area (Å²) < 4.78 is 0. The second kappa shape index (κ2) is 10.6. The summed E-state index contributed by atoms with van der Waals surface area (Å²) >= 11 is 0. The lowest BCUT2D eigenvalue weighted by molar-refractivity contribution is -0.156. The molecule has 36 heavy (non-hydrogen) atoms. The molecule has 0 spiro atoms. The number of likely N-dealkylation sites (tertiary alicyclic amines) is 1. The fourth-order valence-corrected chi connectivity index (χ4v) is 4.61. The number of carbonyl (C=O) groups excluding carboxylic acids is 3. The number of nitrogens with two attached hydrogens (primary N) is 1. The van der Waals surface area contributed by atoms with Gasteiger partial charge in [-0.25, -0.2) is 9.78 Å². The molecular weight excluding hydrogens is 456 g/mol. The summed E-state index contributed by atoms with van der Waals surface area (Å²) in [5.41, 5.74) is 8.95. The molecule has 9 heteroatoms. The van der Waals surface area contributed by atoms with Crippen LogP contribution in [0.25, 0.3) is 0 Å². The molecule has 1 fully saturated rings. The molecule has 0 saturated carbocycles. The number of hydrogen-bond donors (Lipinski definition) is 2. The molecule has 3 heterocycles. The van der Waals surface area contributed by atoms with Crippen molar-refractivity contribution in [1.82, 2.24) is 20.2 Å². The Balaban J connectivity index is 1.61. The van der Waals surface area contributed by atoms with E-state index in [1.807, 2.05) is 50.2 Å². The molecule has 0 bridgehead atoms. The summed E-state index contributed by atoms with van der Waals surface area (Å²) in [5.74, 6) is -1.11. The van der Waals surface area contributed by atoms with Crippen molar-refractivity contribution in [3.05, 3.63) is 83.8 Å². The maximum atomic E-state index is 13.6. The van der Waals surface area contributed by atoms with E-state index in [0.717, 1.165) is 21.7 Å². The smallest absolute Gasteiger partial charge is 0.325 e. The lowest BCUT2D eigenvalue weighted by Crippen LogP contribution is -2.70. The Labute approximate surface area is 210 Å². The van der Waals surface area contributed by atoms with Crippen LogP contribution in [0.2, 0.25) is 0 Å². The van der Waals surface area contributed by atoms with Crippen molar-refractivity contribution in [2.24, 2.45) is 5.92 Å². The Kier molecular flexibility index (Phi) is 7.28. The van der Waals surface area contributed by atoms with Crippen molar-refractivity contribution in [2.45, 2.75) is 38.8 Å². The van der Waals surface area contributed by atoms with Crippen molar-refractivity contribution in [3.8, 4) is 0 Å². The SMILES string of the molecule is CC[C@@H](NC(=O)N1C(=O)[C@H](Cc2cc(C)nc(N)c2)[C@H]1C(=O)N(C)c1ccncc1)c1ccccc1. The Bertz CT molecular complexity index is 1230. The van der Waals surface area contributed by atoms with Gasteiger partial charge in [-0.15, -0.1) is 0 Å². The Morgan fingerprint density at radius 1 is 1.14 bits per heavy atom. The topological polar surface area (TPSA) is 122 Å². The van der Waals surface area contributed by atoms with Crippen molar-refractivity contribution in [2.75, 3.05) is 17.7 Å². The van der Waals surface area contributed by atoms with Gasteiger partial charge in [0.1, 0.15) is 11.9 Å². The summed E-state index contributed by atoms with van der Waals surface area (Å²) in [6.07, 6.45) is 4.07.